The molecule has 0 spiro atoms. The van der Waals surface area contributed by atoms with Crippen molar-refractivity contribution in [1.82, 2.24) is 14.4 Å². The van der Waals surface area contributed by atoms with E-state index >= 15 is 0 Å². The molecule has 1 N–H and O–H groups in total. The van der Waals surface area contributed by atoms with E-state index in [0.717, 1.165) is 34.7 Å². The fourth-order valence-electron chi connectivity index (χ4n) is 3.25. The molecule has 2 heterocycles. The predicted octanol–water partition coefficient (Wildman–Crippen LogP) is 4.21. The van der Waals surface area contributed by atoms with E-state index in [1.807, 2.05) is 28.8 Å². The molecule has 0 aliphatic rings. The molecule has 0 amide bonds. The van der Waals surface area contributed by atoms with Crippen LogP contribution in [0.25, 0.3) is 16.9 Å². The Morgan fingerprint density at radius 2 is 1.83 bits per heavy atom. The van der Waals surface area contributed by atoms with Crippen molar-refractivity contribution in [1.29, 1.82) is 0 Å². The SMILES string of the molecule is COc1ccc(CCNc2c(-c3ccc(F)cc3)nc3cnccn23)cc1OC. The van der Waals surface area contributed by atoms with Crippen molar-refractivity contribution >= 4 is 11.5 Å². The fourth-order valence-corrected chi connectivity index (χ4v) is 3.25. The normalized spacial score (nSPS) is 10.9. The van der Waals surface area contributed by atoms with Gasteiger partial charge in [0.2, 0.25) is 0 Å². The van der Waals surface area contributed by atoms with E-state index in [2.05, 4.69) is 15.3 Å². The largest absolute Gasteiger partial charge is 0.493 e. The number of imidazole rings is 1. The summed E-state index contributed by atoms with van der Waals surface area (Å²) in [4.78, 5) is 8.81. The predicted molar refractivity (Wildman–Crippen MR) is 110 cm³/mol. The van der Waals surface area contributed by atoms with Gasteiger partial charge in [-0.15, -0.1) is 0 Å². The van der Waals surface area contributed by atoms with Gasteiger partial charge in [0, 0.05) is 24.5 Å². The van der Waals surface area contributed by atoms with E-state index in [-0.39, 0.29) is 5.82 Å². The van der Waals surface area contributed by atoms with Gasteiger partial charge in [0.25, 0.3) is 0 Å². The molecule has 0 bridgehead atoms. The van der Waals surface area contributed by atoms with Crippen LogP contribution in [0.3, 0.4) is 0 Å². The molecule has 0 fully saturated rings. The molecule has 0 saturated carbocycles. The van der Waals surface area contributed by atoms with Crippen LogP contribution in [0, 0.1) is 5.82 Å². The summed E-state index contributed by atoms with van der Waals surface area (Å²) in [5.41, 5.74) is 3.43. The number of fused-ring (bicyclic) bond motifs is 1. The summed E-state index contributed by atoms with van der Waals surface area (Å²) in [7, 11) is 3.25. The third-order valence-electron chi connectivity index (χ3n) is 4.70. The Balaban J connectivity index is 1.59. The summed E-state index contributed by atoms with van der Waals surface area (Å²) >= 11 is 0. The van der Waals surface area contributed by atoms with Gasteiger partial charge in [-0.05, 0) is 48.4 Å². The maximum absolute atomic E-state index is 13.3. The number of nitrogens with zero attached hydrogens (tertiary/aromatic N) is 3. The molecule has 0 saturated heterocycles. The number of ether oxygens (including phenoxy) is 2. The first-order valence-corrected chi connectivity index (χ1v) is 9.22. The van der Waals surface area contributed by atoms with Gasteiger partial charge in [-0.25, -0.2) is 9.37 Å². The molecule has 0 unspecified atom stereocenters. The average Bonchev–Trinajstić information content (AvgIpc) is 3.13. The number of aromatic nitrogens is 3. The van der Waals surface area contributed by atoms with Crippen LogP contribution in [0.5, 0.6) is 11.5 Å². The lowest BCUT2D eigenvalue weighted by Crippen LogP contribution is -2.08. The molecule has 2 aromatic heterocycles. The van der Waals surface area contributed by atoms with Gasteiger partial charge in [0.1, 0.15) is 17.3 Å². The van der Waals surface area contributed by atoms with Gasteiger partial charge in [-0.3, -0.25) is 9.38 Å². The zero-order chi connectivity index (χ0) is 20.2. The molecule has 4 aromatic rings. The lowest BCUT2D eigenvalue weighted by atomic mass is 10.1. The molecule has 29 heavy (non-hydrogen) atoms. The van der Waals surface area contributed by atoms with Gasteiger partial charge in [0.05, 0.1) is 20.4 Å². The highest BCUT2D eigenvalue weighted by molar-refractivity contribution is 5.76. The topological polar surface area (TPSA) is 60.7 Å². The van der Waals surface area contributed by atoms with Crippen LogP contribution >= 0.6 is 0 Å². The number of hydrogen-bond donors (Lipinski definition) is 1. The molecule has 148 valence electrons. The van der Waals surface area contributed by atoms with Crippen LogP contribution < -0.4 is 14.8 Å². The standard InChI is InChI=1S/C22H21FN4O2/c1-28-18-8-3-15(13-19(18)29-2)9-10-25-22-21(16-4-6-17(23)7-5-16)26-20-14-24-11-12-27(20)22/h3-8,11-14,25H,9-10H2,1-2H3. The second-order valence-corrected chi connectivity index (χ2v) is 6.49. The molecular formula is C22H21FN4O2. The third kappa shape index (κ3) is 3.85. The number of halogens is 1. The molecule has 7 heteroatoms. The number of anilines is 1. The van der Waals surface area contributed by atoms with Crippen molar-refractivity contribution in [3.05, 3.63) is 72.4 Å². The Labute approximate surface area is 168 Å². The second-order valence-electron chi connectivity index (χ2n) is 6.49. The minimum absolute atomic E-state index is 0.276. The van der Waals surface area contributed by atoms with Crippen molar-refractivity contribution in [2.75, 3.05) is 26.1 Å². The summed E-state index contributed by atoms with van der Waals surface area (Å²) < 4.78 is 26.0. The van der Waals surface area contributed by atoms with Crippen molar-refractivity contribution < 1.29 is 13.9 Å². The second kappa shape index (κ2) is 8.18. The number of methoxy groups -OCH3 is 2. The van der Waals surface area contributed by atoms with Gasteiger partial charge in [-0.1, -0.05) is 6.07 Å². The summed E-state index contributed by atoms with van der Waals surface area (Å²) in [6.07, 6.45) is 6.05. The minimum atomic E-state index is -0.276. The summed E-state index contributed by atoms with van der Waals surface area (Å²) in [6, 6.07) is 12.2. The van der Waals surface area contributed by atoms with Gasteiger partial charge >= 0.3 is 0 Å². The summed E-state index contributed by atoms with van der Waals surface area (Å²) in [5.74, 6) is 1.98. The first kappa shape index (κ1) is 18.7. The highest BCUT2D eigenvalue weighted by Gasteiger charge is 2.14. The lowest BCUT2D eigenvalue weighted by Gasteiger charge is -2.11. The molecule has 0 atom stereocenters. The Morgan fingerprint density at radius 3 is 2.59 bits per heavy atom. The van der Waals surface area contributed by atoms with Crippen LogP contribution in [0.2, 0.25) is 0 Å². The zero-order valence-corrected chi connectivity index (χ0v) is 16.2. The Hall–Kier alpha value is -3.61. The molecule has 4 rings (SSSR count). The smallest absolute Gasteiger partial charge is 0.160 e. The quantitative estimate of drug-likeness (QED) is 0.511. The van der Waals surface area contributed by atoms with Crippen LogP contribution in [0.15, 0.2) is 61.1 Å². The van der Waals surface area contributed by atoms with E-state index in [1.54, 1.807) is 38.7 Å². The zero-order valence-electron chi connectivity index (χ0n) is 16.2. The Morgan fingerprint density at radius 1 is 1.03 bits per heavy atom. The molecular weight excluding hydrogens is 371 g/mol. The highest BCUT2D eigenvalue weighted by atomic mass is 19.1. The fraction of sp³-hybridized carbons (Fsp3) is 0.182. The maximum Gasteiger partial charge on any atom is 0.160 e. The van der Waals surface area contributed by atoms with Crippen LogP contribution in [-0.2, 0) is 6.42 Å². The minimum Gasteiger partial charge on any atom is -0.493 e. The Kier molecular flexibility index (Phi) is 5.29. The van der Waals surface area contributed by atoms with Crippen molar-refractivity contribution in [3.63, 3.8) is 0 Å². The number of nitrogens with one attached hydrogen (secondary N) is 1. The van der Waals surface area contributed by atoms with Gasteiger partial charge in [-0.2, -0.15) is 0 Å². The molecule has 2 aromatic carbocycles. The number of rotatable bonds is 7. The number of hydrogen-bond acceptors (Lipinski definition) is 5. The van der Waals surface area contributed by atoms with E-state index in [4.69, 9.17) is 9.47 Å². The lowest BCUT2D eigenvalue weighted by molar-refractivity contribution is 0.354. The van der Waals surface area contributed by atoms with Gasteiger partial charge in [0.15, 0.2) is 17.1 Å². The summed E-state index contributed by atoms with van der Waals surface area (Å²) in [5, 5.41) is 3.47. The molecule has 0 aliphatic carbocycles. The van der Waals surface area contributed by atoms with Crippen molar-refractivity contribution in [2.24, 2.45) is 0 Å². The van der Waals surface area contributed by atoms with Crippen molar-refractivity contribution in [2.45, 2.75) is 6.42 Å². The first-order chi connectivity index (χ1) is 14.2. The number of benzene rings is 2. The Bertz CT molecular complexity index is 1130. The van der Waals surface area contributed by atoms with E-state index < -0.39 is 0 Å². The van der Waals surface area contributed by atoms with E-state index in [9.17, 15) is 4.39 Å². The first-order valence-electron chi connectivity index (χ1n) is 9.22. The average molecular weight is 392 g/mol. The van der Waals surface area contributed by atoms with Crippen LogP contribution in [-0.4, -0.2) is 35.1 Å². The van der Waals surface area contributed by atoms with Crippen LogP contribution in [0.4, 0.5) is 10.2 Å². The maximum atomic E-state index is 13.3. The van der Waals surface area contributed by atoms with E-state index in [1.165, 1.54) is 12.1 Å². The monoisotopic (exact) mass is 392 g/mol. The van der Waals surface area contributed by atoms with Gasteiger partial charge < -0.3 is 14.8 Å². The van der Waals surface area contributed by atoms with E-state index in [0.29, 0.717) is 18.0 Å². The van der Waals surface area contributed by atoms with Crippen molar-refractivity contribution in [3.8, 4) is 22.8 Å². The molecule has 0 aliphatic heterocycles. The third-order valence-corrected chi connectivity index (χ3v) is 4.70. The highest BCUT2D eigenvalue weighted by Crippen LogP contribution is 2.30. The molecule has 0 radical (unpaired) electrons. The van der Waals surface area contributed by atoms with Crippen LogP contribution in [0.1, 0.15) is 5.56 Å². The summed E-state index contributed by atoms with van der Waals surface area (Å²) in [6.45, 7) is 0.680. The molecule has 6 nitrogen and oxygen atoms in total.